The van der Waals surface area contributed by atoms with Crippen LogP contribution in [0.1, 0.15) is 42.7 Å². The Balaban J connectivity index is 1.83. The number of hydrogen-bond donors (Lipinski definition) is 2. The van der Waals surface area contributed by atoms with Gasteiger partial charge in [0.2, 0.25) is 11.9 Å². The Kier molecular flexibility index (Phi) is 5.29. The summed E-state index contributed by atoms with van der Waals surface area (Å²) in [5, 5.41) is 8.18. The van der Waals surface area contributed by atoms with Crippen molar-refractivity contribution in [2.45, 2.75) is 39.7 Å². The summed E-state index contributed by atoms with van der Waals surface area (Å²) in [4.78, 5) is 20.8. The molecule has 1 aromatic carbocycles. The van der Waals surface area contributed by atoms with Crippen LogP contribution >= 0.6 is 0 Å². The van der Waals surface area contributed by atoms with Gasteiger partial charge in [-0.3, -0.25) is 9.48 Å². The van der Waals surface area contributed by atoms with Crippen molar-refractivity contribution in [1.29, 1.82) is 0 Å². The largest absolute Gasteiger partial charge is 0.366 e. The lowest BCUT2D eigenvalue weighted by Gasteiger charge is -2.15. The molecular weight excluding hydrogens is 364 g/mol. The number of nitrogens with two attached hydrogens (primary N) is 1. The molecule has 3 N–H and O–H groups in total. The van der Waals surface area contributed by atoms with Crippen LogP contribution in [0.4, 0.5) is 5.95 Å². The highest BCUT2D eigenvalue weighted by molar-refractivity contribution is 5.94. The second-order valence-electron chi connectivity index (χ2n) is 7.84. The summed E-state index contributed by atoms with van der Waals surface area (Å²) >= 11 is 0. The van der Waals surface area contributed by atoms with Crippen LogP contribution in [0, 0.1) is 5.92 Å². The van der Waals surface area contributed by atoms with Gasteiger partial charge in [0.25, 0.3) is 0 Å². The van der Waals surface area contributed by atoms with E-state index in [9.17, 15) is 4.79 Å². The lowest BCUT2D eigenvalue weighted by molar-refractivity contribution is 0.100. The fraction of sp³-hybridized carbons (Fsp3) is 0.364. The predicted molar refractivity (Wildman–Crippen MR) is 113 cm³/mol. The summed E-state index contributed by atoms with van der Waals surface area (Å²) < 4.78 is 2.08. The number of fused-ring (bicyclic) bond motifs is 1. The molecule has 0 spiro atoms. The van der Waals surface area contributed by atoms with E-state index in [4.69, 9.17) is 15.8 Å². The summed E-state index contributed by atoms with van der Waals surface area (Å²) in [6.07, 6.45) is 4.97. The molecule has 1 amide bonds. The Hall–Kier alpha value is -3.22. The third-order valence-corrected chi connectivity index (χ3v) is 5.09. The maximum Gasteiger partial charge on any atom is 0.248 e. The molecule has 1 aliphatic rings. The highest BCUT2D eigenvalue weighted by Crippen LogP contribution is 2.36. The first-order valence-corrected chi connectivity index (χ1v) is 10.1. The van der Waals surface area contributed by atoms with E-state index in [1.807, 2.05) is 18.2 Å². The summed E-state index contributed by atoms with van der Waals surface area (Å²) in [7, 11) is 0. The van der Waals surface area contributed by atoms with Crippen LogP contribution in [-0.2, 0) is 13.0 Å². The molecule has 0 fully saturated rings. The van der Waals surface area contributed by atoms with Crippen molar-refractivity contribution >= 4 is 11.9 Å². The Labute approximate surface area is 170 Å². The molecule has 0 saturated carbocycles. The van der Waals surface area contributed by atoms with Crippen molar-refractivity contribution in [2.75, 3.05) is 11.9 Å². The molecule has 0 bridgehead atoms. The molecule has 0 aliphatic carbocycles. The summed E-state index contributed by atoms with van der Waals surface area (Å²) in [6, 6.07) is 9.25. The minimum atomic E-state index is -0.445. The number of amides is 1. The third kappa shape index (κ3) is 3.99. The van der Waals surface area contributed by atoms with Crippen LogP contribution in [-0.4, -0.2) is 32.2 Å². The van der Waals surface area contributed by atoms with Gasteiger partial charge in [0, 0.05) is 41.7 Å². The van der Waals surface area contributed by atoms with E-state index < -0.39 is 5.91 Å². The van der Waals surface area contributed by atoms with Crippen LogP contribution < -0.4 is 11.1 Å². The number of rotatable bonds is 6. The second-order valence-corrected chi connectivity index (χ2v) is 7.84. The first-order valence-electron chi connectivity index (χ1n) is 10.1. The average Bonchev–Trinajstić information content (AvgIpc) is 3.12. The molecule has 7 heteroatoms. The number of aryl methyl sites for hydroxylation is 1. The lowest BCUT2D eigenvalue weighted by Crippen LogP contribution is -2.12. The minimum Gasteiger partial charge on any atom is -0.366 e. The molecule has 0 atom stereocenters. The maximum absolute atomic E-state index is 11.7. The molecule has 4 rings (SSSR count). The van der Waals surface area contributed by atoms with Crippen LogP contribution in [0.25, 0.3) is 22.5 Å². The van der Waals surface area contributed by atoms with Crippen molar-refractivity contribution < 1.29 is 4.79 Å². The molecule has 150 valence electrons. The van der Waals surface area contributed by atoms with Gasteiger partial charge >= 0.3 is 0 Å². The SMILES string of the molecule is CC(C)CNc1nccc(-c2c(-c3cccc(C(N)=O)c3)nn3c2CCCC3)n1. The number of anilines is 1. The maximum atomic E-state index is 11.7. The van der Waals surface area contributed by atoms with Crippen molar-refractivity contribution in [3.05, 3.63) is 47.8 Å². The van der Waals surface area contributed by atoms with Gasteiger partial charge in [0.1, 0.15) is 5.69 Å². The van der Waals surface area contributed by atoms with Gasteiger partial charge in [0.05, 0.1) is 5.69 Å². The fourth-order valence-corrected chi connectivity index (χ4v) is 3.66. The molecule has 0 saturated heterocycles. The zero-order chi connectivity index (χ0) is 20.4. The molecule has 7 nitrogen and oxygen atoms in total. The number of primary amides is 1. The number of nitrogens with zero attached hydrogens (tertiary/aromatic N) is 4. The molecule has 29 heavy (non-hydrogen) atoms. The Morgan fingerprint density at radius 2 is 2.14 bits per heavy atom. The van der Waals surface area contributed by atoms with Crippen LogP contribution in [0.2, 0.25) is 0 Å². The van der Waals surface area contributed by atoms with Gasteiger partial charge in [-0.15, -0.1) is 0 Å². The molecule has 0 unspecified atom stereocenters. The Morgan fingerprint density at radius 1 is 1.28 bits per heavy atom. The van der Waals surface area contributed by atoms with Crippen molar-refractivity contribution in [3.63, 3.8) is 0 Å². The Bertz CT molecular complexity index is 1040. The zero-order valence-corrected chi connectivity index (χ0v) is 16.9. The quantitative estimate of drug-likeness (QED) is 0.671. The van der Waals surface area contributed by atoms with E-state index in [0.29, 0.717) is 17.4 Å². The molecule has 3 aromatic rings. The van der Waals surface area contributed by atoms with E-state index >= 15 is 0 Å². The van der Waals surface area contributed by atoms with Crippen molar-refractivity contribution in [1.82, 2.24) is 19.7 Å². The number of nitrogens with one attached hydrogen (secondary N) is 1. The van der Waals surface area contributed by atoms with Crippen LogP contribution in [0.3, 0.4) is 0 Å². The number of carbonyl (C=O) groups excluding carboxylic acids is 1. The molecule has 2 aromatic heterocycles. The lowest BCUT2D eigenvalue weighted by atomic mass is 9.98. The monoisotopic (exact) mass is 390 g/mol. The van der Waals surface area contributed by atoms with E-state index in [2.05, 4.69) is 28.8 Å². The molecule has 0 radical (unpaired) electrons. The van der Waals surface area contributed by atoms with Crippen LogP contribution in [0.15, 0.2) is 36.5 Å². The summed E-state index contributed by atoms with van der Waals surface area (Å²) in [5.41, 5.74) is 10.7. The number of hydrogen-bond acceptors (Lipinski definition) is 5. The van der Waals surface area contributed by atoms with Crippen molar-refractivity contribution in [3.8, 4) is 22.5 Å². The predicted octanol–water partition coefficient (Wildman–Crippen LogP) is 3.51. The highest BCUT2D eigenvalue weighted by atomic mass is 16.1. The first kappa shape index (κ1) is 19.1. The van der Waals surface area contributed by atoms with E-state index in [1.165, 1.54) is 5.69 Å². The number of benzene rings is 1. The van der Waals surface area contributed by atoms with Gasteiger partial charge in [0.15, 0.2) is 0 Å². The first-order chi connectivity index (χ1) is 14.0. The zero-order valence-electron chi connectivity index (χ0n) is 16.9. The molecular formula is C22H26N6O. The van der Waals surface area contributed by atoms with E-state index in [0.717, 1.165) is 54.9 Å². The minimum absolute atomic E-state index is 0.445. The standard InChI is InChI=1S/C22H26N6O/c1-14(2)13-25-22-24-10-9-17(26-22)19-18-8-3-4-11-28(18)27-20(19)15-6-5-7-16(12-15)21(23)29/h5-7,9-10,12,14H,3-4,8,11,13H2,1-2H3,(H2,23,29)(H,24,25,26). The second kappa shape index (κ2) is 8.03. The summed E-state index contributed by atoms with van der Waals surface area (Å²) in [5.74, 6) is 0.668. The van der Waals surface area contributed by atoms with E-state index in [1.54, 1.807) is 18.3 Å². The topological polar surface area (TPSA) is 98.7 Å². The van der Waals surface area contributed by atoms with Gasteiger partial charge < -0.3 is 11.1 Å². The highest BCUT2D eigenvalue weighted by Gasteiger charge is 2.24. The normalized spacial score (nSPS) is 13.3. The van der Waals surface area contributed by atoms with E-state index in [-0.39, 0.29) is 0 Å². The Morgan fingerprint density at radius 3 is 2.93 bits per heavy atom. The van der Waals surface area contributed by atoms with Crippen molar-refractivity contribution in [2.24, 2.45) is 11.7 Å². The number of aromatic nitrogens is 4. The van der Waals surface area contributed by atoms with Gasteiger partial charge in [-0.05, 0) is 43.4 Å². The van der Waals surface area contributed by atoms with Gasteiger partial charge in [-0.25, -0.2) is 9.97 Å². The van der Waals surface area contributed by atoms with Crippen LogP contribution in [0.5, 0.6) is 0 Å². The fourth-order valence-electron chi connectivity index (χ4n) is 3.66. The van der Waals surface area contributed by atoms with Gasteiger partial charge in [-0.1, -0.05) is 26.0 Å². The smallest absolute Gasteiger partial charge is 0.248 e. The summed E-state index contributed by atoms with van der Waals surface area (Å²) in [6.45, 7) is 5.99. The number of carbonyl (C=O) groups is 1. The van der Waals surface area contributed by atoms with Gasteiger partial charge in [-0.2, -0.15) is 5.10 Å². The third-order valence-electron chi connectivity index (χ3n) is 5.09. The average molecular weight is 390 g/mol. The molecule has 1 aliphatic heterocycles. The molecule has 3 heterocycles.